The van der Waals surface area contributed by atoms with Crippen LogP contribution in [0, 0.1) is 5.92 Å². The minimum Gasteiger partial charge on any atom is -0.508 e. The molecule has 4 unspecified atom stereocenters. The molecule has 33 heavy (non-hydrogen) atoms. The minimum absolute atomic E-state index is 0.00398. The number of carboxylic acid groups (broad SMARTS) is 2. The van der Waals surface area contributed by atoms with E-state index in [0.717, 1.165) is 0 Å². The van der Waals surface area contributed by atoms with Gasteiger partial charge in [-0.15, -0.1) is 0 Å². The Morgan fingerprint density at radius 2 is 1.36 bits per heavy atom. The third-order valence-electron chi connectivity index (χ3n) is 4.66. The summed E-state index contributed by atoms with van der Waals surface area (Å²) in [6, 6.07) is 0.760. The first-order chi connectivity index (χ1) is 15.3. The van der Waals surface area contributed by atoms with E-state index in [1.807, 2.05) is 0 Å². The van der Waals surface area contributed by atoms with Gasteiger partial charge in [-0.05, 0) is 30.5 Å². The number of benzene rings is 1. The maximum Gasteiger partial charge on any atom is 0.326 e. The topological polar surface area (TPSA) is 208 Å². The Bertz CT molecular complexity index is 870. The number of carbonyl (C=O) groups excluding carboxylic acids is 3. The molecule has 0 aliphatic heterocycles. The van der Waals surface area contributed by atoms with Crippen LogP contribution < -0.4 is 21.7 Å². The van der Waals surface area contributed by atoms with Crippen molar-refractivity contribution < 1.29 is 39.3 Å². The van der Waals surface area contributed by atoms with Crippen LogP contribution >= 0.6 is 0 Å². The SMILES string of the molecule is CC(N)C(=O)NC(Cc1ccc(O)cc1)C(=O)NC(CC(=O)O)C(=O)NC(C(=O)O)C(C)C. The monoisotopic (exact) mass is 466 g/mol. The van der Waals surface area contributed by atoms with Crippen molar-refractivity contribution in [3.63, 3.8) is 0 Å². The number of carbonyl (C=O) groups is 5. The minimum atomic E-state index is -1.59. The lowest BCUT2D eigenvalue weighted by molar-refractivity contribution is -0.144. The first-order valence-electron chi connectivity index (χ1n) is 10.2. The molecular formula is C21H30N4O8. The van der Waals surface area contributed by atoms with E-state index in [-0.39, 0.29) is 12.2 Å². The molecule has 3 amide bonds. The number of hydrogen-bond acceptors (Lipinski definition) is 7. The Hall–Kier alpha value is -3.67. The summed E-state index contributed by atoms with van der Waals surface area (Å²) in [4.78, 5) is 60.2. The molecule has 4 atom stereocenters. The highest BCUT2D eigenvalue weighted by Crippen LogP contribution is 2.12. The van der Waals surface area contributed by atoms with Gasteiger partial charge in [0.05, 0.1) is 12.5 Å². The summed E-state index contributed by atoms with van der Waals surface area (Å²) in [7, 11) is 0. The van der Waals surface area contributed by atoms with Crippen LogP contribution in [0.4, 0.5) is 0 Å². The highest BCUT2D eigenvalue weighted by molar-refractivity contribution is 5.95. The average molecular weight is 466 g/mol. The van der Waals surface area contributed by atoms with E-state index in [4.69, 9.17) is 10.8 Å². The van der Waals surface area contributed by atoms with E-state index < -0.39 is 66.2 Å². The first kappa shape index (κ1) is 27.4. The largest absolute Gasteiger partial charge is 0.508 e. The van der Waals surface area contributed by atoms with Gasteiger partial charge < -0.3 is 37.0 Å². The molecule has 8 N–H and O–H groups in total. The van der Waals surface area contributed by atoms with Crippen LogP contribution in [0.1, 0.15) is 32.8 Å². The molecule has 0 heterocycles. The number of hydrogen-bond donors (Lipinski definition) is 7. The quantitative estimate of drug-likeness (QED) is 0.200. The highest BCUT2D eigenvalue weighted by atomic mass is 16.4. The molecule has 0 spiro atoms. The number of nitrogens with one attached hydrogen (secondary N) is 3. The fourth-order valence-electron chi connectivity index (χ4n) is 2.80. The van der Waals surface area contributed by atoms with Crippen molar-refractivity contribution in [1.82, 2.24) is 16.0 Å². The predicted molar refractivity (Wildman–Crippen MR) is 116 cm³/mol. The van der Waals surface area contributed by atoms with Crippen molar-refractivity contribution in [2.45, 2.75) is 57.8 Å². The van der Waals surface area contributed by atoms with E-state index in [2.05, 4.69) is 16.0 Å². The summed E-state index contributed by atoms with van der Waals surface area (Å²) in [5, 5.41) is 34.8. The van der Waals surface area contributed by atoms with Crippen LogP contribution in [0.2, 0.25) is 0 Å². The van der Waals surface area contributed by atoms with Crippen molar-refractivity contribution in [2.24, 2.45) is 11.7 Å². The van der Waals surface area contributed by atoms with E-state index in [1.54, 1.807) is 13.8 Å². The number of amides is 3. The van der Waals surface area contributed by atoms with Gasteiger partial charge in [0.2, 0.25) is 17.7 Å². The van der Waals surface area contributed by atoms with E-state index in [0.29, 0.717) is 5.56 Å². The van der Waals surface area contributed by atoms with Crippen molar-refractivity contribution in [1.29, 1.82) is 0 Å². The molecule has 0 aliphatic rings. The van der Waals surface area contributed by atoms with Crippen LogP contribution in [-0.4, -0.2) is 69.1 Å². The smallest absolute Gasteiger partial charge is 0.326 e. The number of rotatable bonds is 12. The van der Waals surface area contributed by atoms with Gasteiger partial charge in [-0.3, -0.25) is 19.2 Å². The molecule has 1 aromatic carbocycles. The maximum absolute atomic E-state index is 12.9. The molecule has 0 aliphatic carbocycles. The Morgan fingerprint density at radius 1 is 0.848 bits per heavy atom. The van der Waals surface area contributed by atoms with Crippen LogP contribution in [0.5, 0.6) is 5.75 Å². The van der Waals surface area contributed by atoms with Gasteiger partial charge in [-0.1, -0.05) is 26.0 Å². The van der Waals surface area contributed by atoms with Gasteiger partial charge >= 0.3 is 11.9 Å². The van der Waals surface area contributed by atoms with Crippen LogP contribution in [0.3, 0.4) is 0 Å². The number of phenolic OH excluding ortho intramolecular Hbond substituents is 1. The lowest BCUT2D eigenvalue weighted by Gasteiger charge is -2.25. The summed E-state index contributed by atoms with van der Waals surface area (Å²) >= 11 is 0. The summed E-state index contributed by atoms with van der Waals surface area (Å²) in [6.45, 7) is 4.52. The highest BCUT2D eigenvalue weighted by Gasteiger charge is 2.32. The molecule has 1 rings (SSSR count). The molecule has 12 nitrogen and oxygen atoms in total. The molecule has 0 saturated heterocycles. The van der Waals surface area contributed by atoms with E-state index in [1.165, 1.54) is 31.2 Å². The third-order valence-corrected chi connectivity index (χ3v) is 4.66. The summed E-state index contributed by atoms with van der Waals surface area (Å²) < 4.78 is 0. The Kier molecular flexibility index (Phi) is 10.3. The molecule has 1 aromatic rings. The second kappa shape index (κ2) is 12.4. The Morgan fingerprint density at radius 3 is 1.82 bits per heavy atom. The number of phenols is 1. The molecule has 0 bridgehead atoms. The fourth-order valence-corrected chi connectivity index (χ4v) is 2.80. The fraction of sp³-hybridized carbons (Fsp3) is 0.476. The molecule has 0 aromatic heterocycles. The number of nitrogens with two attached hydrogens (primary N) is 1. The van der Waals surface area contributed by atoms with Crippen LogP contribution in [0.15, 0.2) is 24.3 Å². The second-order valence-corrected chi connectivity index (χ2v) is 7.95. The molecule has 12 heteroatoms. The van der Waals surface area contributed by atoms with Crippen molar-refractivity contribution in [3.05, 3.63) is 29.8 Å². The van der Waals surface area contributed by atoms with Gasteiger partial charge in [0.15, 0.2) is 0 Å². The maximum atomic E-state index is 12.9. The zero-order valence-electron chi connectivity index (χ0n) is 18.6. The second-order valence-electron chi connectivity index (χ2n) is 7.95. The average Bonchev–Trinajstić information content (AvgIpc) is 2.71. The molecule has 0 fully saturated rings. The summed E-state index contributed by atoms with van der Waals surface area (Å²) in [5.41, 5.74) is 6.11. The zero-order chi connectivity index (χ0) is 25.3. The van der Waals surface area contributed by atoms with Crippen molar-refractivity contribution >= 4 is 29.7 Å². The normalized spacial score (nSPS) is 14.5. The van der Waals surface area contributed by atoms with Gasteiger partial charge in [0.1, 0.15) is 23.9 Å². The van der Waals surface area contributed by atoms with E-state index in [9.17, 15) is 34.2 Å². The van der Waals surface area contributed by atoms with Gasteiger partial charge in [0, 0.05) is 6.42 Å². The molecule has 0 radical (unpaired) electrons. The Balaban J connectivity index is 3.10. The first-order valence-corrected chi connectivity index (χ1v) is 10.2. The Labute approximate surface area is 190 Å². The van der Waals surface area contributed by atoms with Crippen molar-refractivity contribution in [2.75, 3.05) is 0 Å². The van der Waals surface area contributed by atoms with E-state index >= 15 is 0 Å². The number of carboxylic acids is 2. The molecular weight excluding hydrogens is 436 g/mol. The third kappa shape index (κ3) is 9.15. The lowest BCUT2D eigenvalue weighted by Crippen LogP contribution is -2.58. The predicted octanol–water partition coefficient (Wildman–Crippen LogP) is -1.05. The molecule has 0 saturated carbocycles. The number of aliphatic carboxylic acids is 2. The summed E-state index contributed by atoms with van der Waals surface area (Å²) in [6.07, 6.45) is -0.856. The lowest BCUT2D eigenvalue weighted by atomic mass is 10.0. The summed E-state index contributed by atoms with van der Waals surface area (Å²) in [5.74, 6) is -5.73. The molecule has 182 valence electrons. The van der Waals surface area contributed by atoms with Gasteiger partial charge in [-0.2, -0.15) is 0 Å². The van der Waals surface area contributed by atoms with Gasteiger partial charge in [0.25, 0.3) is 0 Å². The van der Waals surface area contributed by atoms with Gasteiger partial charge in [-0.25, -0.2) is 4.79 Å². The standard InChI is InChI=1S/C21H30N4O8/c1-10(2)17(21(32)33)25-20(31)15(9-16(27)28)24-19(30)14(23-18(29)11(3)22)8-12-4-6-13(26)7-5-12/h4-7,10-11,14-15,17,26H,8-9,22H2,1-3H3,(H,23,29)(H,24,30)(H,25,31)(H,27,28)(H,32,33). The zero-order valence-corrected chi connectivity index (χ0v) is 18.6. The van der Waals surface area contributed by atoms with Crippen LogP contribution in [0.25, 0.3) is 0 Å². The van der Waals surface area contributed by atoms with Crippen molar-refractivity contribution in [3.8, 4) is 5.75 Å². The van der Waals surface area contributed by atoms with Crippen LogP contribution in [-0.2, 0) is 30.4 Å². The number of aromatic hydroxyl groups is 1.